The second kappa shape index (κ2) is 5.61. The summed E-state index contributed by atoms with van der Waals surface area (Å²) in [7, 11) is 0. The zero-order valence-corrected chi connectivity index (χ0v) is 13.2. The first-order valence-corrected chi connectivity index (χ1v) is 9.33. The van der Waals surface area contributed by atoms with Crippen LogP contribution in [-0.4, -0.2) is 36.6 Å². The van der Waals surface area contributed by atoms with Crippen molar-refractivity contribution in [3.05, 3.63) is 0 Å². The molecule has 2 bridgehead atoms. The Hall–Kier alpha value is -0.0800. The molecule has 1 aliphatic heterocycles. The summed E-state index contributed by atoms with van der Waals surface area (Å²) in [5.74, 6) is 4.41. The summed E-state index contributed by atoms with van der Waals surface area (Å²) in [5, 5.41) is 4.12. The molecule has 114 valence electrons. The van der Waals surface area contributed by atoms with Gasteiger partial charge in [0.25, 0.3) is 0 Å². The summed E-state index contributed by atoms with van der Waals surface area (Å²) in [4.78, 5) is 2.63. The molecule has 3 saturated carbocycles. The third-order valence-corrected chi connectivity index (χ3v) is 7.15. The number of hydrogen-bond acceptors (Lipinski definition) is 2. The van der Waals surface area contributed by atoms with Crippen molar-refractivity contribution < 1.29 is 0 Å². The average molecular weight is 276 g/mol. The summed E-state index contributed by atoms with van der Waals surface area (Å²) in [6, 6.07) is 1.70. The van der Waals surface area contributed by atoms with Crippen LogP contribution >= 0.6 is 0 Å². The largest absolute Gasteiger partial charge is 0.311 e. The molecule has 6 unspecified atom stereocenters. The van der Waals surface area contributed by atoms with Crippen LogP contribution in [-0.2, 0) is 0 Å². The van der Waals surface area contributed by atoms with Crippen molar-refractivity contribution in [2.45, 2.75) is 70.4 Å². The van der Waals surface area contributed by atoms with Gasteiger partial charge in [-0.05, 0) is 88.3 Å². The summed E-state index contributed by atoms with van der Waals surface area (Å²) in [6.45, 7) is 6.20. The highest BCUT2D eigenvalue weighted by atomic mass is 15.1. The molecule has 0 radical (unpaired) electrons. The molecule has 6 atom stereocenters. The highest BCUT2D eigenvalue weighted by molar-refractivity contribution is 5.06. The zero-order chi connectivity index (χ0) is 13.5. The first kappa shape index (κ1) is 13.6. The van der Waals surface area contributed by atoms with E-state index < -0.39 is 0 Å². The van der Waals surface area contributed by atoms with Crippen LogP contribution in [0.1, 0.15) is 58.3 Å². The minimum Gasteiger partial charge on any atom is -0.311 e. The van der Waals surface area contributed by atoms with Crippen LogP contribution in [0.2, 0.25) is 0 Å². The van der Waals surface area contributed by atoms with E-state index >= 15 is 0 Å². The maximum absolute atomic E-state index is 4.12. The fraction of sp³-hybridized carbons (Fsp3) is 1.00. The van der Waals surface area contributed by atoms with Crippen molar-refractivity contribution in [1.82, 2.24) is 10.2 Å². The molecule has 0 spiro atoms. The van der Waals surface area contributed by atoms with Crippen LogP contribution in [0, 0.1) is 23.7 Å². The summed E-state index contributed by atoms with van der Waals surface area (Å²) >= 11 is 0. The Balaban J connectivity index is 1.34. The monoisotopic (exact) mass is 276 g/mol. The van der Waals surface area contributed by atoms with Gasteiger partial charge in [-0.15, -0.1) is 0 Å². The second-order valence-corrected chi connectivity index (χ2v) is 7.99. The standard InChI is InChI=1S/C18H32N2/c1-2-20-9-4-5-14(8-10-20)19-18-12-13-11-17(18)16-7-3-6-15(13)16/h13-19H,2-12H2,1H3. The molecule has 4 aliphatic rings. The smallest absolute Gasteiger partial charge is 0.0103 e. The highest BCUT2D eigenvalue weighted by Gasteiger charge is 2.53. The number of hydrogen-bond donors (Lipinski definition) is 1. The van der Waals surface area contributed by atoms with Crippen molar-refractivity contribution in [2.24, 2.45) is 23.7 Å². The van der Waals surface area contributed by atoms with E-state index in [4.69, 9.17) is 0 Å². The van der Waals surface area contributed by atoms with Crippen molar-refractivity contribution in [1.29, 1.82) is 0 Å². The number of nitrogens with zero attached hydrogens (tertiary/aromatic N) is 1. The molecule has 0 aromatic carbocycles. The minimum absolute atomic E-state index is 0.816. The van der Waals surface area contributed by atoms with E-state index in [1.165, 1.54) is 51.7 Å². The maximum Gasteiger partial charge on any atom is 0.0103 e. The van der Waals surface area contributed by atoms with Crippen LogP contribution in [0.25, 0.3) is 0 Å². The molecule has 1 saturated heterocycles. The predicted octanol–water partition coefficient (Wildman–Crippen LogP) is 3.28. The molecule has 2 heteroatoms. The molecule has 0 amide bonds. The summed E-state index contributed by atoms with van der Waals surface area (Å²) in [5.41, 5.74) is 0. The van der Waals surface area contributed by atoms with Crippen molar-refractivity contribution in [3.8, 4) is 0 Å². The van der Waals surface area contributed by atoms with Gasteiger partial charge < -0.3 is 10.2 Å². The predicted molar refractivity (Wildman–Crippen MR) is 83.7 cm³/mol. The first-order chi connectivity index (χ1) is 9.85. The number of nitrogens with one attached hydrogen (secondary N) is 1. The lowest BCUT2D eigenvalue weighted by molar-refractivity contribution is 0.193. The van der Waals surface area contributed by atoms with E-state index in [0.29, 0.717) is 0 Å². The Bertz CT molecular complexity index is 342. The van der Waals surface area contributed by atoms with Crippen molar-refractivity contribution in [3.63, 3.8) is 0 Å². The molecule has 20 heavy (non-hydrogen) atoms. The van der Waals surface area contributed by atoms with E-state index in [0.717, 1.165) is 35.8 Å². The third-order valence-electron chi connectivity index (χ3n) is 7.15. The van der Waals surface area contributed by atoms with Crippen molar-refractivity contribution >= 4 is 0 Å². The van der Waals surface area contributed by atoms with Gasteiger partial charge >= 0.3 is 0 Å². The van der Waals surface area contributed by atoms with Gasteiger partial charge in [0.15, 0.2) is 0 Å². The highest BCUT2D eigenvalue weighted by Crippen LogP contribution is 2.58. The van der Waals surface area contributed by atoms with Gasteiger partial charge in [-0.1, -0.05) is 13.3 Å². The van der Waals surface area contributed by atoms with Gasteiger partial charge in [-0.25, -0.2) is 0 Å². The number of rotatable bonds is 3. The number of likely N-dealkylation sites (tertiary alicyclic amines) is 1. The van der Waals surface area contributed by atoms with Crippen LogP contribution in [0.5, 0.6) is 0 Å². The van der Waals surface area contributed by atoms with Gasteiger partial charge in [0.1, 0.15) is 0 Å². The van der Waals surface area contributed by atoms with E-state index in [9.17, 15) is 0 Å². The molecule has 0 aromatic heterocycles. The molecule has 1 heterocycles. The van der Waals surface area contributed by atoms with Crippen LogP contribution in [0.4, 0.5) is 0 Å². The molecule has 4 rings (SSSR count). The van der Waals surface area contributed by atoms with Gasteiger partial charge in [-0.2, -0.15) is 0 Å². The second-order valence-electron chi connectivity index (χ2n) is 7.99. The Kier molecular flexibility index (Phi) is 3.80. The topological polar surface area (TPSA) is 15.3 Å². The third kappa shape index (κ3) is 2.33. The molecular weight excluding hydrogens is 244 g/mol. The molecule has 3 aliphatic carbocycles. The summed E-state index contributed by atoms with van der Waals surface area (Å²) in [6.07, 6.45) is 11.9. The fourth-order valence-corrected chi connectivity index (χ4v) is 6.20. The van der Waals surface area contributed by atoms with Crippen molar-refractivity contribution in [2.75, 3.05) is 19.6 Å². The lowest BCUT2D eigenvalue weighted by Gasteiger charge is -2.34. The fourth-order valence-electron chi connectivity index (χ4n) is 6.20. The molecule has 4 fully saturated rings. The van der Waals surface area contributed by atoms with Gasteiger partial charge in [0.2, 0.25) is 0 Å². The summed E-state index contributed by atoms with van der Waals surface area (Å²) < 4.78 is 0. The average Bonchev–Trinajstić information content (AvgIpc) is 3.09. The van der Waals surface area contributed by atoms with E-state index in [-0.39, 0.29) is 0 Å². The zero-order valence-electron chi connectivity index (χ0n) is 13.2. The van der Waals surface area contributed by atoms with Crippen LogP contribution < -0.4 is 5.32 Å². The quantitative estimate of drug-likeness (QED) is 0.851. The molecule has 0 aromatic rings. The lowest BCUT2D eigenvalue weighted by atomic mass is 9.79. The van der Waals surface area contributed by atoms with E-state index in [2.05, 4.69) is 17.1 Å². The van der Waals surface area contributed by atoms with Gasteiger partial charge in [-0.3, -0.25) is 0 Å². The van der Waals surface area contributed by atoms with Gasteiger partial charge in [0.05, 0.1) is 0 Å². The van der Waals surface area contributed by atoms with Crippen LogP contribution in [0.3, 0.4) is 0 Å². The minimum atomic E-state index is 0.816. The molecule has 1 N–H and O–H groups in total. The normalized spacial score (nSPS) is 48.5. The van der Waals surface area contributed by atoms with Gasteiger partial charge in [0, 0.05) is 12.1 Å². The first-order valence-electron chi connectivity index (χ1n) is 9.33. The lowest BCUT2D eigenvalue weighted by Crippen LogP contribution is -2.45. The van der Waals surface area contributed by atoms with E-state index in [1.54, 1.807) is 19.3 Å². The Morgan fingerprint density at radius 1 is 0.900 bits per heavy atom. The Morgan fingerprint density at radius 3 is 2.70 bits per heavy atom. The Morgan fingerprint density at radius 2 is 1.80 bits per heavy atom. The van der Waals surface area contributed by atoms with Crippen LogP contribution in [0.15, 0.2) is 0 Å². The molecule has 2 nitrogen and oxygen atoms in total. The SMILES string of the molecule is CCN1CCCC(NC2CC3CC2C2CCCC32)CC1. The Labute approximate surface area is 124 Å². The molecular formula is C18H32N2. The van der Waals surface area contributed by atoms with E-state index in [1.807, 2.05) is 0 Å². The maximum atomic E-state index is 4.12. The number of fused-ring (bicyclic) bond motifs is 5.